The van der Waals surface area contributed by atoms with E-state index in [0.29, 0.717) is 18.0 Å². The van der Waals surface area contributed by atoms with Gasteiger partial charge in [0.05, 0.1) is 0 Å². The highest BCUT2D eigenvalue weighted by molar-refractivity contribution is 6.31. The van der Waals surface area contributed by atoms with Gasteiger partial charge in [0.15, 0.2) is 0 Å². The van der Waals surface area contributed by atoms with E-state index in [4.69, 9.17) is 11.6 Å². The fourth-order valence-electron chi connectivity index (χ4n) is 2.58. The molecule has 0 spiro atoms. The topological polar surface area (TPSA) is 62.3 Å². The SMILES string of the molecule is O=C(/C=C/c1cccnc1)NC1CCN(c2cccc(Cl)c2)C1=O. The van der Waals surface area contributed by atoms with Gasteiger partial charge in [-0.15, -0.1) is 0 Å². The van der Waals surface area contributed by atoms with Crippen LogP contribution in [0.1, 0.15) is 12.0 Å². The van der Waals surface area contributed by atoms with E-state index in [-0.39, 0.29) is 11.8 Å². The van der Waals surface area contributed by atoms with Crippen LogP contribution in [0.5, 0.6) is 0 Å². The Morgan fingerprint density at radius 1 is 1.33 bits per heavy atom. The molecular formula is C18H16ClN3O2. The Balaban J connectivity index is 1.61. The summed E-state index contributed by atoms with van der Waals surface area (Å²) in [6, 6.07) is 10.2. The van der Waals surface area contributed by atoms with Crippen LogP contribution in [0.2, 0.25) is 5.02 Å². The van der Waals surface area contributed by atoms with Gasteiger partial charge in [-0.05, 0) is 42.3 Å². The van der Waals surface area contributed by atoms with Crippen molar-refractivity contribution in [1.82, 2.24) is 10.3 Å². The number of pyridine rings is 1. The molecule has 1 aliphatic rings. The molecule has 1 aliphatic heterocycles. The molecule has 0 bridgehead atoms. The molecule has 2 amide bonds. The Morgan fingerprint density at radius 2 is 2.21 bits per heavy atom. The fourth-order valence-corrected chi connectivity index (χ4v) is 2.77. The Labute approximate surface area is 145 Å². The molecule has 0 radical (unpaired) electrons. The average Bonchev–Trinajstić information content (AvgIpc) is 2.95. The van der Waals surface area contributed by atoms with Crippen molar-refractivity contribution in [3.63, 3.8) is 0 Å². The highest BCUT2D eigenvalue weighted by atomic mass is 35.5. The lowest BCUT2D eigenvalue weighted by molar-refractivity contribution is -0.123. The maximum atomic E-state index is 12.5. The van der Waals surface area contributed by atoms with Crippen LogP contribution in [0.15, 0.2) is 54.9 Å². The Kier molecular flexibility index (Phi) is 4.91. The number of amides is 2. The molecule has 2 heterocycles. The van der Waals surface area contributed by atoms with Crippen molar-refractivity contribution in [2.75, 3.05) is 11.4 Å². The van der Waals surface area contributed by atoms with Gasteiger partial charge in [-0.25, -0.2) is 0 Å². The molecule has 1 N–H and O–H groups in total. The lowest BCUT2D eigenvalue weighted by atomic mass is 10.2. The van der Waals surface area contributed by atoms with Gasteiger partial charge in [-0.1, -0.05) is 23.7 Å². The molecule has 1 unspecified atom stereocenters. The number of nitrogens with one attached hydrogen (secondary N) is 1. The number of hydrogen-bond acceptors (Lipinski definition) is 3. The van der Waals surface area contributed by atoms with Crippen LogP contribution in [-0.4, -0.2) is 29.4 Å². The second-order valence-corrected chi connectivity index (χ2v) is 5.88. The van der Waals surface area contributed by atoms with E-state index in [0.717, 1.165) is 11.3 Å². The number of benzene rings is 1. The van der Waals surface area contributed by atoms with E-state index in [1.807, 2.05) is 12.1 Å². The minimum Gasteiger partial charge on any atom is -0.341 e. The van der Waals surface area contributed by atoms with Crippen LogP contribution in [0, 0.1) is 0 Å². The summed E-state index contributed by atoms with van der Waals surface area (Å²) in [5.74, 6) is -0.425. The van der Waals surface area contributed by atoms with Crippen LogP contribution in [0.25, 0.3) is 6.08 Å². The van der Waals surface area contributed by atoms with Gasteiger partial charge in [0.2, 0.25) is 11.8 Å². The molecular weight excluding hydrogens is 326 g/mol. The maximum Gasteiger partial charge on any atom is 0.249 e. The van der Waals surface area contributed by atoms with Crippen molar-refractivity contribution in [2.24, 2.45) is 0 Å². The van der Waals surface area contributed by atoms with Crippen LogP contribution in [-0.2, 0) is 9.59 Å². The monoisotopic (exact) mass is 341 g/mol. The Bertz CT molecular complexity index is 777. The molecule has 6 heteroatoms. The van der Waals surface area contributed by atoms with Crippen LogP contribution in [0.3, 0.4) is 0 Å². The smallest absolute Gasteiger partial charge is 0.249 e. The predicted molar refractivity (Wildman–Crippen MR) is 93.6 cm³/mol. The summed E-state index contributed by atoms with van der Waals surface area (Å²) in [4.78, 5) is 30.1. The minimum atomic E-state index is -0.518. The molecule has 1 aromatic carbocycles. The zero-order valence-electron chi connectivity index (χ0n) is 12.9. The first kappa shape index (κ1) is 16.2. The molecule has 2 aromatic rings. The second-order valence-electron chi connectivity index (χ2n) is 5.44. The molecule has 1 fully saturated rings. The highest BCUT2D eigenvalue weighted by Gasteiger charge is 2.33. The minimum absolute atomic E-state index is 0.125. The summed E-state index contributed by atoms with van der Waals surface area (Å²) >= 11 is 5.97. The first-order valence-corrected chi connectivity index (χ1v) is 7.97. The van der Waals surface area contributed by atoms with Crippen molar-refractivity contribution in [2.45, 2.75) is 12.5 Å². The van der Waals surface area contributed by atoms with Crippen molar-refractivity contribution in [1.29, 1.82) is 0 Å². The lowest BCUT2D eigenvalue weighted by Gasteiger charge is -2.17. The van der Waals surface area contributed by atoms with Gasteiger partial charge in [-0.3, -0.25) is 14.6 Å². The summed E-state index contributed by atoms with van der Waals surface area (Å²) in [6.07, 6.45) is 6.96. The van der Waals surface area contributed by atoms with E-state index in [2.05, 4.69) is 10.3 Å². The summed E-state index contributed by atoms with van der Waals surface area (Å²) in [7, 11) is 0. The Hall–Kier alpha value is -2.66. The van der Waals surface area contributed by atoms with Crippen molar-refractivity contribution >= 4 is 35.2 Å². The van der Waals surface area contributed by atoms with Crippen molar-refractivity contribution < 1.29 is 9.59 Å². The molecule has 5 nitrogen and oxygen atoms in total. The molecule has 0 aliphatic carbocycles. The van der Waals surface area contributed by atoms with Gasteiger partial charge in [0.25, 0.3) is 0 Å². The molecule has 1 saturated heterocycles. The zero-order valence-corrected chi connectivity index (χ0v) is 13.6. The van der Waals surface area contributed by atoms with Gasteiger partial charge >= 0.3 is 0 Å². The summed E-state index contributed by atoms with van der Waals surface area (Å²) < 4.78 is 0. The number of nitrogens with zero attached hydrogens (tertiary/aromatic N) is 2. The fraction of sp³-hybridized carbons (Fsp3) is 0.167. The number of carbonyl (C=O) groups is 2. The number of anilines is 1. The second kappa shape index (κ2) is 7.27. The molecule has 0 saturated carbocycles. The van der Waals surface area contributed by atoms with Gasteiger partial charge < -0.3 is 10.2 Å². The molecule has 3 rings (SSSR count). The normalized spacial score (nSPS) is 17.5. The standard InChI is InChI=1S/C18H16ClN3O2/c19-14-4-1-5-15(11-14)22-10-8-16(18(22)24)21-17(23)7-6-13-3-2-9-20-12-13/h1-7,9,11-12,16H,8,10H2,(H,21,23)/b7-6+. The molecule has 24 heavy (non-hydrogen) atoms. The zero-order chi connectivity index (χ0) is 16.9. The first-order valence-electron chi connectivity index (χ1n) is 7.59. The maximum absolute atomic E-state index is 12.5. The molecule has 1 atom stereocenters. The van der Waals surface area contributed by atoms with E-state index >= 15 is 0 Å². The third kappa shape index (κ3) is 3.81. The predicted octanol–water partition coefficient (Wildman–Crippen LogP) is 2.67. The number of aromatic nitrogens is 1. The average molecular weight is 342 g/mol. The first-order chi connectivity index (χ1) is 11.6. The number of halogens is 1. The van der Waals surface area contributed by atoms with Crippen LogP contribution in [0.4, 0.5) is 5.69 Å². The van der Waals surface area contributed by atoms with Crippen molar-refractivity contribution in [3.8, 4) is 0 Å². The highest BCUT2D eigenvalue weighted by Crippen LogP contribution is 2.24. The van der Waals surface area contributed by atoms with Gasteiger partial charge in [-0.2, -0.15) is 0 Å². The van der Waals surface area contributed by atoms with E-state index in [1.54, 1.807) is 47.6 Å². The van der Waals surface area contributed by atoms with Gasteiger partial charge in [0, 0.05) is 35.7 Å². The Morgan fingerprint density at radius 3 is 2.96 bits per heavy atom. The third-order valence-corrected chi connectivity index (χ3v) is 3.99. The van der Waals surface area contributed by atoms with Crippen LogP contribution >= 0.6 is 11.6 Å². The summed E-state index contributed by atoms with van der Waals surface area (Å²) in [5, 5.41) is 3.32. The largest absolute Gasteiger partial charge is 0.341 e. The lowest BCUT2D eigenvalue weighted by Crippen LogP contribution is -2.40. The van der Waals surface area contributed by atoms with Gasteiger partial charge in [0.1, 0.15) is 6.04 Å². The van der Waals surface area contributed by atoms with E-state index < -0.39 is 6.04 Å². The molecule has 1 aromatic heterocycles. The molecule has 122 valence electrons. The summed E-state index contributed by atoms with van der Waals surface area (Å²) in [5.41, 5.74) is 1.57. The number of carbonyl (C=O) groups excluding carboxylic acids is 2. The quantitative estimate of drug-likeness (QED) is 0.870. The number of rotatable bonds is 4. The van der Waals surface area contributed by atoms with E-state index in [9.17, 15) is 9.59 Å². The third-order valence-electron chi connectivity index (χ3n) is 3.75. The number of hydrogen-bond donors (Lipinski definition) is 1. The van der Waals surface area contributed by atoms with Crippen LogP contribution < -0.4 is 10.2 Å². The summed E-state index contributed by atoms with van der Waals surface area (Å²) in [6.45, 7) is 0.552. The van der Waals surface area contributed by atoms with E-state index in [1.165, 1.54) is 6.08 Å². The van der Waals surface area contributed by atoms with Crippen molar-refractivity contribution in [3.05, 3.63) is 65.5 Å².